The number of thiophene rings is 1. The summed E-state index contributed by atoms with van der Waals surface area (Å²) in [6.07, 6.45) is 1.86. The molecule has 2 heterocycles. The van der Waals surface area contributed by atoms with Crippen LogP contribution in [0.15, 0.2) is 24.4 Å². The Hall–Kier alpha value is -1.81. The number of nitrogens with one attached hydrogen (secondary N) is 1. The van der Waals surface area contributed by atoms with Gasteiger partial charge in [0.25, 0.3) is 0 Å². The van der Waals surface area contributed by atoms with Gasteiger partial charge in [-0.15, -0.1) is 11.3 Å². The standard InChI is InChI=1S/C13H13N3S/c1-7-3-9(4-10-6-15-16-13(7)10)11-5-12(14)17-8(11)2/h3-6H,14H2,1-2H3,(H,15,16). The zero-order chi connectivity index (χ0) is 12.0. The summed E-state index contributed by atoms with van der Waals surface area (Å²) in [4.78, 5) is 1.25. The molecule has 1 aromatic carbocycles. The second-order valence-electron chi connectivity index (χ2n) is 4.25. The van der Waals surface area contributed by atoms with E-state index >= 15 is 0 Å². The molecule has 3 nitrogen and oxygen atoms in total. The summed E-state index contributed by atoms with van der Waals surface area (Å²) in [5.74, 6) is 0. The van der Waals surface area contributed by atoms with Crippen LogP contribution in [0.3, 0.4) is 0 Å². The number of H-pyrrole nitrogens is 1. The monoisotopic (exact) mass is 243 g/mol. The van der Waals surface area contributed by atoms with E-state index < -0.39 is 0 Å². The van der Waals surface area contributed by atoms with Crippen molar-refractivity contribution in [2.75, 3.05) is 5.73 Å². The molecule has 3 aromatic rings. The van der Waals surface area contributed by atoms with E-state index in [1.54, 1.807) is 11.3 Å². The molecule has 0 atom stereocenters. The van der Waals surface area contributed by atoms with Gasteiger partial charge in [0.05, 0.1) is 16.7 Å². The topological polar surface area (TPSA) is 54.7 Å². The third kappa shape index (κ3) is 1.61. The van der Waals surface area contributed by atoms with E-state index in [1.165, 1.54) is 21.6 Å². The average Bonchev–Trinajstić information content (AvgIpc) is 2.84. The van der Waals surface area contributed by atoms with E-state index in [9.17, 15) is 0 Å². The van der Waals surface area contributed by atoms with Crippen molar-refractivity contribution < 1.29 is 0 Å². The number of hydrogen-bond donors (Lipinski definition) is 2. The number of fused-ring (bicyclic) bond motifs is 1. The molecule has 3 N–H and O–H groups in total. The van der Waals surface area contributed by atoms with E-state index in [0.29, 0.717) is 0 Å². The molecule has 0 aliphatic rings. The largest absolute Gasteiger partial charge is 0.391 e. The minimum Gasteiger partial charge on any atom is -0.391 e. The van der Waals surface area contributed by atoms with E-state index in [0.717, 1.165) is 15.9 Å². The van der Waals surface area contributed by atoms with E-state index in [1.807, 2.05) is 12.3 Å². The van der Waals surface area contributed by atoms with Crippen LogP contribution in [0.5, 0.6) is 0 Å². The van der Waals surface area contributed by atoms with Crippen LogP contribution < -0.4 is 5.73 Å². The number of nitrogens with two attached hydrogens (primary N) is 1. The highest BCUT2D eigenvalue weighted by atomic mass is 32.1. The van der Waals surface area contributed by atoms with Crippen molar-refractivity contribution in [2.45, 2.75) is 13.8 Å². The first-order valence-corrected chi connectivity index (χ1v) is 6.27. The van der Waals surface area contributed by atoms with Crippen LogP contribution in [0.25, 0.3) is 22.0 Å². The van der Waals surface area contributed by atoms with Crippen molar-refractivity contribution >= 4 is 27.2 Å². The van der Waals surface area contributed by atoms with Crippen LogP contribution in [0.4, 0.5) is 5.00 Å². The van der Waals surface area contributed by atoms with E-state index in [2.05, 4.69) is 36.2 Å². The number of nitrogens with zero attached hydrogens (tertiary/aromatic N) is 1. The van der Waals surface area contributed by atoms with Crippen LogP contribution >= 0.6 is 11.3 Å². The van der Waals surface area contributed by atoms with Crippen molar-refractivity contribution in [1.82, 2.24) is 10.2 Å². The van der Waals surface area contributed by atoms with Gasteiger partial charge in [0.2, 0.25) is 0 Å². The van der Waals surface area contributed by atoms with Gasteiger partial charge in [0, 0.05) is 10.3 Å². The fourth-order valence-corrected chi connectivity index (χ4v) is 3.00. The van der Waals surface area contributed by atoms with Crippen LogP contribution in [0, 0.1) is 13.8 Å². The van der Waals surface area contributed by atoms with Crippen LogP contribution in [-0.2, 0) is 0 Å². The molecule has 17 heavy (non-hydrogen) atoms. The molecule has 0 saturated carbocycles. The molecule has 0 aliphatic carbocycles. The number of nitrogen functional groups attached to an aromatic ring is 1. The summed E-state index contributed by atoms with van der Waals surface area (Å²) in [5.41, 5.74) is 10.6. The molecule has 0 radical (unpaired) electrons. The predicted molar refractivity (Wildman–Crippen MR) is 73.3 cm³/mol. The van der Waals surface area contributed by atoms with Gasteiger partial charge in [-0.1, -0.05) is 0 Å². The van der Waals surface area contributed by atoms with Gasteiger partial charge in [-0.3, -0.25) is 5.10 Å². The maximum Gasteiger partial charge on any atom is 0.0865 e. The Balaban J connectivity index is 2.27. The molecule has 0 bridgehead atoms. The van der Waals surface area contributed by atoms with Crippen LogP contribution in [0.1, 0.15) is 10.4 Å². The quantitative estimate of drug-likeness (QED) is 0.687. The Morgan fingerprint density at radius 1 is 1.24 bits per heavy atom. The van der Waals surface area contributed by atoms with Gasteiger partial charge >= 0.3 is 0 Å². The molecule has 86 valence electrons. The van der Waals surface area contributed by atoms with Crippen molar-refractivity contribution in [2.24, 2.45) is 0 Å². The van der Waals surface area contributed by atoms with Crippen molar-refractivity contribution in [3.8, 4) is 11.1 Å². The Bertz CT molecular complexity index is 694. The minimum absolute atomic E-state index is 0.863. The first-order chi connectivity index (χ1) is 8.15. The van der Waals surface area contributed by atoms with Crippen LogP contribution in [0.2, 0.25) is 0 Å². The molecule has 0 unspecified atom stereocenters. The Labute approximate surface area is 103 Å². The predicted octanol–water partition coefficient (Wildman–Crippen LogP) is 3.49. The Morgan fingerprint density at radius 3 is 2.76 bits per heavy atom. The number of hydrogen-bond acceptors (Lipinski definition) is 3. The van der Waals surface area contributed by atoms with Crippen LogP contribution in [-0.4, -0.2) is 10.2 Å². The highest BCUT2D eigenvalue weighted by molar-refractivity contribution is 7.16. The minimum atomic E-state index is 0.863. The number of rotatable bonds is 1. The highest BCUT2D eigenvalue weighted by Gasteiger charge is 2.09. The summed E-state index contributed by atoms with van der Waals surface area (Å²) in [6.45, 7) is 4.19. The Kier molecular flexibility index (Phi) is 2.19. The summed E-state index contributed by atoms with van der Waals surface area (Å²) in [6, 6.07) is 6.37. The number of aromatic amines is 1. The average molecular weight is 243 g/mol. The third-order valence-electron chi connectivity index (χ3n) is 2.99. The lowest BCUT2D eigenvalue weighted by molar-refractivity contribution is 1.11. The van der Waals surface area contributed by atoms with Crippen molar-refractivity contribution in [1.29, 1.82) is 0 Å². The lowest BCUT2D eigenvalue weighted by atomic mass is 10.0. The lowest BCUT2D eigenvalue weighted by Crippen LogP contribution is -1.82. The Morgan fingerprint density at radius 2 is 2.06 bits per heavy atom. The summed E-state index contributed by atoms with van der Waals surface area (Å²) in [5, 5.41) is 9.10. The molecule has 4 heteroatoms. The third-order valence-corrected chi connectivity index (χ3v) is 3.87. The summed E-state index contributed by atoms with van der Waals surface area (Å²) < 4.78 is 0. The molecule has 0 fully saturated rings. The maximum absolute atomic E-state index is 5.85. The fraction of sp³-hybridized carbons (Fsp3) is 0.154. The normalized spacial score (nSPS) is 11.2. The second kappa shape index (κ2) is 3.60. The molecule has 0 spiro atoms. The molecule has 0 saturated heterocycles. The molecule has 0 aliphatic heterocycles. The van der Waals surface area contributed by atoms with Crippen molar-refractivity contribution in [3.63, 3.8) is 0 Å². The number of aromatic nitrogens is 2. The first kappa shape index (κ1) is 10.4. The molecule has 2 aromatic heterocycles. The summed E-state index contributed by atoms with van der Waals surface area (Å²) >= 11 is 1.63. The highest BCUT2D eigenvalue weighted by Crippen LogP contribution is 2.34. The van der Waals surface area contributed by atoms with E-state index in [-0.39, 0.29) is 0 Å². The van der Waals surface area contributed by atoms with Crippen molar-refractivity contribution in [3.05, 3.63) is 34.8 Å². The molecular weight excluding hydrogens is 230 g/mol. The number of benzene rings is 1. The SMILES string of the molecule is Cc1sc(N)cc1-c1cc(C)c2[nH]ncc2c1. The number of aryl methyl sites for hydroxylation is 2. The zero-order valence-electron chi connectivity index (χ0n) is 9.74. The van der Waals surface area contributed by atoms with E-state index in [4.69, 9.17) is 5.73 Å². The zero-order valence-corrected chi connectivity index (χ0v) is 10.6. The van der Waals surface area contributed by atoms with Gasteiger partial charge in [0.15, 0.2) is 0 Å². The lowest BCUT2D eigenvalue weighted by Gasteiger charge is -2.03. The second-order valence-corrected chi connectivity index (χ2v) is 5.53. The molecule has 3 rings (SSSR count). The molecule has 0 amide bonds. The van der Waals surface area contributed by atoms with Gasteiger partial charge in [-0.25, -0.2) is 0 Å². The smallest absolute Gasteiger partial charge is 0.0865 e. The van der Waals surface area contributed by atoms with Gasteiger partial charge in [-0.05, 0) is 48.7 Å². The first-order valence-electron chi connectivity index (χ1n) is 5.45. The maximum atomic E-state index is 5.85. The number of anilines is 1. The molecular formula is C13H13N3S. The fourth-order valence-electron chi connectivity index (χ4n) is 2.18. The van der Waals surface area contributed by atoms with Gasteiger partial charge < -0.3 is 5.73 Å². The summed E-state index contributed by atoms with van der Waals surface area (Å²) in [7, 11) is 0. The van der Waals surface area contributed by atoms with Gasteiger partial charge in [-0.2, -0.15) is 5.10 Å². The van der Waals surface area contributed by atoms with Gasteiger partial charge in [0.1, 0.15) is 0 Å².